The van der Waals surface area contributed by atoms with Gasteiger partial charge in [0.2, 0.25) is 7.37 Å². The number of hydrogen-bond donors (Lipinski definition) is 3. The predicted octanol–water partition coefficient (Wildman–Crippen LogP) is 5.35. The summed E-state index contributed by atoms with van der Waals surface area (Å²) in [4.78, 5) is 21.0. The van der Waals surface area contributed by atoms with Crippen LogP contribution in [0.25, 0.3) is 5.57 Å². The lowest BCUT2D eigenvalue weighted by atomic mass is 9.61. The topological polar surface area (TPSA) is 94.8 Å². The van der Waals surface area contributed by atoms with Gasteiger partial charge in [0.25, 0.3) is 0 Å². The zero-order valence-corrected chi connectivity index (χ0v) is 19.2. The maximum Gasteiger partial charge on any atom is 0.305 e. The number of hydrogen-bond acceptors (Lipinski definition) is 3. The van der Waals surface area contributed by atoms with Crippen molar-refractivity contribution in [2.24, 2.45) is 10.8 Å². The van der Waals surface area contributed by atoms with Crippen LogP contribution in [0.4, 0.5) is 4.39 Å². The van der Waals surface area contributed by atoms with Gasteiger partial charge in [0.05, 0.1) is 18.7 Å². The van der Waals surface area contributed by atoms with Crippen molar-refractivity contribution in [2.45, 2.75) is 60.0 Å². The van der Waals surface area contributed by atoms with E-state index in [0.29, 0.717) is 5.56 Å². The van der Waals surface area contributed by atoms with Gasteiger partial charge < -0.3 is 15.1 Å². The van der Waals surface area contributed by atoms with E-state index < -0.39 is 32.0 Å². The highest BCUT2D eigenvalue weighted by Gasteiger charge is 2.38. The fourth-order valence-corrected chi connectivity index (χ4v) is 5.81. The molecule has 0 heterocycles. The number of carboxylic acid groups (broad SMARTS) is 1. The molecule has 0 fully saturated rings. The minimum atomic E-state index is -3.88. The van der Waals surface area contributed by atoms with Gasteiger partial charge in [0.15, 0.2) is 0 Å². The number of allylic oxidation sites excluding steroid dienone is 3. The van der Waals surface area contributed by atoms with Crippen LogP contribution in [0.1, 0.15) is 58.1 Å². The molecule has 1 unspecified atom stereocenters. The van der Waals surface area contributed by atoms with E-state index in [4.69, 9.17) is 5.11 Å². The first-order chi connectivity index (χ1) is 13.6. The molecule has 7 heteroatoms. The number of aryl methyl sites for hydroxylation is 1. The molecule has 2 rings (SSSR count). The van der Waals surface area contributed by atoms with Crippen molar-refractivity contribution in [1.82, 2.24) is 0 Å². The molecule has 166 valence electrons. The minimum Gasteiger partial charge on any atom is -0.481 e. The van der Waals surface area contributed by atoms with Gasteiger partial charge in [-0.15, -0.1) is 0 Å². The molecule has 1 aromatic carbocycles. The van der Waals surface area contributed by atoms with Crippen molar-refractivity contribution in [1.29, 1.82) is 0 Å². The molecule has 0 aromatic heterocycles. The fourth-order valence-electron chi connectivity index (χ4n) is 4.57. The minimum absolute atomic E-state index is 0.000936. The summed E-state index contributed by atoms with van der Waals surface area (Å²) in [7, 11) is -3.88. The van der Waals surface area contributed by atoms with Gasteiger partial charge in [-0.2, -0.15) is 0 Å². The SMILES string of the molecule is Cc1cc(C2=C(C=CP(=O)(O)C[C@H](O)CC(=O)O)C(C)(C)CC(C)(C)C2)ccc1F. The Kier molecular flexibility index (Phi) is 7.17. The summed E-state index contributed by atoms with van der Waals surface area (Å²) in [5, 5.41) is 18.5. The molecule has 1 aliphatic carbocycles. The molecule has 0 radical (unpaired) electrons. The van der Waals surface area contributed by atoms with Crippen LogP contribution in [0.5, 0.6) is 0 Å². The largest absolute Gasteiger partial charge is 0.481 e. The Morgan fingerprint density at radius 1 is 1.30 bits per heavy atom. The lowest BCUT2D eigenvalue weighted by Gasteiger charge is -2.43. The average molecular weight is 438 g/mol. The monoisotopic (exact) mass is 438 g/mol. The summed E-state index contributed by atoms with van der Waals surface area (Å²) in [5.74, 6) is -0.305. The van der Waals surface area contributed by atoms with Crippen LogP contribution in [-0.4, -0.2) is 33.3 Å². The van der Waals surface area contributed by atoms with E-state index in [9.17, 15) is 23.7 Å². The van der Waals surface area contributed by atoms with Crippen LogP contribution in [0.3, 0.4) is 0 Å². The Bertz CT molecular complexity index is 930. The summed E-state index contributed by atoms with van der Waals surface area (Å²) >= 11 is 0. The highest BCUT2D eigenvalue weighted by atomic mass is 31.2. The summed E-state index contributed by atoms with van der Waals surface area (Å²) in [6.07, 6.45) is 0.743. The normalized spacial score (nSPS) is 21.5. The number of rotatable bonds is 7. The van der Waals surface area contributed by atoms with E-state index in [1.54, 1.807) is 25.1 Å². The first-order valence-electron chi connectivity index (χ1n) is 10.0. The van der Waals surface area contributed by atoms with Gasteiger partial charge in [-0.05, 0) is 65.0 Å². The quantitative estimate of drug-likeness (QED) is 0.499. The van der Waals surface area contributed by atoms with E-state index in [1.807, 2.05) is 0 Å². The number of aliphatic carboxylic acids is 1. The Balaban J connectivity index is 2.50. The smallest absolute Gasteiger partial charge is 0.305 e. The van der Waals surface area contributed by atoms with Crippen LogP contribution in [0.15, 0.2) is 35.7 Å². The number of carbonyl (C=O) groups is 1. The summed E-state index contributed by atoms with van der Waals surface area (Å²) in [5.41, 5.74) is 3.02. The number of aliphatic hydroxyl groups excluding tert-OH is 1. The lowest BCUT2D eigenvalue weighted by Crippen LogP contribution is -2.30. The highest BCUT2D eigenvalue weighted by Crippen LogP contribution is 2.53. The maximum atomic E-state index is 13.8. The second-order valence-electron chi connectivity index (χ2n) is 9.76. The number of aliphatic hydroxyl groups is 1. The van der Waals surface area contributed by atoms with E-state index in [2.05, 4.69) is 27.7 Å². The zero-order chi connectivity index (χ0) is 22.9. The van der Waals surface area contributed by atoms with Crippen LogP contribution in [-0.2, 0) is 9.36 Å². The number of halogens is 1. The Morgan fingerprint density at radius 2 is 1.93 bits per heavy atom. The highest BCUT2D eigenvalue weighted by molar-refractivity contribution is 7.61. The number of benzene rings is 1. The average Bonchev–Trinajstić information content (AvgIpc) is 2.52. The van der Waals surface area contributed by atoms with Gasteiger partial charge in [0.1, 0.15) is 5.82 Å². The van der Waals surface area contributed by atoms with Crippen LogP contribution >= 0.6 is 7.37 Å². The third-order valence-electron chi connectivity index (χ3n) is 5.49. The second kappa shape index (κ2) is 8.78. The molecule has 2 atom stereocenters. The van der Waals surface area contributed by atoms with E-state index >= 15 is 0 Å². The summed E-state index contributed by atoms with van der Waals surface area (Å²) < 4.78 is 26.4. The molecule has 0 amide bonds. The number of carboxylic acids is 1. The standard InChI is InChI=1S/C23H32FO5P/c1-15-10-16(6-7-20(15)24)18-12-22(2,3)14-23(4,5)19(18)8-9-30(28,29)13-17(25)11-21(26)27/h6-10,17,25H,11-14H2,1-5H3,(H,26,27)(H,28,29)/t17-/m1/s1. The van der Waals surface area contributed by atoms with Crippen LogP contribution < -0.4 is 0 Å². The molecule has 1 aromatic rings. The molecule has 0 aliphatic heterocycles. The summed E-state index contributed by atoms with van der Waals surface area (Å²) in [6, 6.07) is 4.97. The lowest BCUT2D eigenvalue weighted by molar-refractivity contribution is -0.138. The molecule has 1 aliphatic rings. The van der Waals surface area contributed by atoms with E-state index in [1.165, 1.54) is 11.9 Å². The first kappa shape index (κ1) is 24.5. The molecule has 0 bridgehead atoms. The Hall–Kier alpha value is -1.75. The third-order valence-corrected chi connectivity index (χ3v) is 7.05. The molecule has 0 saturated carbocycles. The van der Waals surface area contributed by atoms with Crippen molar-refractivity contribution in [3.05, 3.63) is 52.6 Å². The first-order valence-corrected chi connectivity index (χ1v) is 11.9. The Labute approximate surface area is 177 Å². The molecule has 30 heavy (non-hydrogen) atoms. The van der Waals surface area contributed by atoms with Gasteiger partial charge in [-0.1, -0.05) is 39.8 Å². The van der Waals surface area contributed by atoms with Gasteiger partial charge in [0, 0.05) is 5.82 Å². The summed E-state index contributed by atoms with van der Waals surface area (Å²) in [6.45, 7) is 10.2. The van der Waals surface area contributed by atoms with Gasteiger partial charge >= 0.3 is 5.97 Å². The van der Waals surface area contributed by atoms with Crippen LogP contribution in [0.2, 0.25) is 0 Å². The van der Waals surface area contributed by atoms with Crippen molar-refractivity contribution in [3.8, 4) is 0 Å². The van der Waals surface area contributed by atoms with E-state index in [0.717, 1.165) is 29.6 Å². The van der Waals surface area contributed by atoms with Crippen molar-refractivity contribution >= 4 is 18.9 Å². The van der Waals surface area contributed by atoms with Crippen LogP contribution in [0, 0.1) is 23.6 Å². The van der Waals surface area contributed by atoms with Crippen molar-refractivity contribution in [2.75, 3.05) is 6.16 Å². The van der Waals surface area contributed by atoms with E-state index in [-0.39, 0.29) is 16.6 Å². The fraction of sp³-hybridized carbons (Fsp3) is 0.522. The molecular formula is C23H32FO5P. The predicted molar refractivity (Wildman–Crippen MR) is 117 cm³/mol. The molecule has 3 N–H and O–H groups in total. The molecular weight excluding hydrogens is 406 g/mol. The van der Waals surface area contributed by atoms with Gasteiger partial charge in [-0.25, -0.2) is 4.39 Å². The molecule has 5 nitrogen and oxygen atoms in total. The maximum absolute atomic E-state index is 13.8. The zero-order valence-electron chi connectivity index (χ0n) is 18.3. The van der Waals surface area contributed by atoms with Gasteiger partial charge in [-0.3, -0.25) is 9.36 Å². The van der Waals surface area contributed by atoms with Crippen molar-refractivity contribution in [3.63, 3.8) is 0 Å². The third kappa shape index (κ3) is 6.37. The molecule has 0 spiro atoms. The van der Waals surface area contributed by atoms with Crippen molar-refractivity contribution < 1.29 is 28.9 Å². The Morgan fingerprint density at radius 3 is 2.50 bits per heavy atom. The second-order valence-corrected chi connectivity index (χ2v) is 11.9. The molecule has 0 saturated heterocycles.